The first-order valence-corrected chi connectivity index (χ1v) is 24.2. The zero-order valence-corrected chi connectivity index (χ0v) is 39.6. The quantitative estimate of drug-likeness (QED) is 0.118. The van der Waals surface area contributed by atoms with Gasteiger partial charge in [-0.3, -0.25) is 9.97 Å². The predicted octanol–water partition coefficient (Wildman–Crippen LogP) is 13.7. The van der Waals surface area contributed by atoms with Crippen LogP contribution < -0.4 is 5.19 Å². The van der Waals surface area contributed by atoms with Gasteiger partial charge in [-0.15, -0.1) is 53.1 Å². The fourth-order valence-corrected chi connectivity index (χ4v) is 8.89. The van der Waals surface area contributed by atoms with Crippen molar-refractivity contribution in [1.29, 1.82) is 0 Å². The number of benzene rings is 5. The van der Waals surface area contributed by atoms with Gasteiger partial charge in [-0.1, -0.05) is 127 Å². The molecule has 0 amide bonds. The molecule has 5 nitrogen and oxygen atoms in total. The number of aromatic nitrogens is 4. The van der Waals surface area contributed by atoms with Gasteiger partial charge in [0.15, 0.2) is 0 Å². The van der Waals surface area contributed by atoms with E-state index < -0.39 is 8.07 Å². The number of imidazole rings is 1. The summed E-state index contributed by atoms with van der Waals surface area (Å²) < 4.78 is 8.90. The van der Waals surface area contributed by atoms with Crippen LogP contribution >= 0.6 is 0 Å². The van der Waals surface area contributed by atoms with Crippen LogP contribution in [0.5, 0.6) is 0 Å². The van der Waals surface area contributed by atoms with Crippen LogP contribution in [-0.4, -0.2) is 27.6 Å². The molecule has 4 aromatic heterocycles. The van der Waals surface area contributed by atoms with E-state index in [0.717, 1.165) is 66.9 Å². The normalized spacial score (nSPS) is 11.7. The Bertz CT molecular complexity index is 2910. The Morgan fingerprint density at radius 2 is 1.40 bits per heavy atom. The van der Waals surface area contributed by atoms with E-state index in [0.29, 0.717) is 0 Å². The molecule has 0 saturated heterocycles. The van der Waals surface area contributed by atoms with Crippen molar-refractivity contribution in [1.82, 2.24) is 19.5 Å². The fraction of sp³-hybridized carbons (Fsp3) is 0.226. The number of fused-ring (bicyclic) bond motifs is 4. The third-order valence-corrected chi connectivity index (χ3v) is 13.2. The number of furan rings is 1. The predicted molar refractivity (Wildman–Crippen MR) is 250 cm³/mol. The van der Waals surface area contributed by atoms with Gasteiger partial charge < -0.3 is 14.0 Å². The first-order chi connectivity index (χ1) is 28.3. The third-order valence-electron chi connectivity index (χ3n) is 11.2. The van der Waals surface area contributed by atoms with Crippen molar-refractivity contribution in [2.45, 2.75) is 79.9 Å². The Morgan fingerprint density at radius 3 is 2.03 bits per heavy atom. The molecule has 1 radical (unpaired) electrons. The third kappa shape index (κ3) is 8.32. The monoisotopic (exact) mass is 981 g/mol. The summed E-state index contributed by atoms with van der Waals surface area (Å²) in [6.45, 7) is 22.3. The van der Waals surface area contributed by atoms with Crippen LogP contribution in [0.4, 0.5) is 0 Å². The smallest absolute Gasteiger partial charge is 0.139 e. The van der Waals surface area contributed by atoms with Crippen LogP contribution in [0, 0.1) is 32.9 Å². The second-order valence-corrected chi connectivity index (χ2v) is 22.5. The number of pyridine rings is 2. The molecule has 0 N–H and O–H groups in total. The molecule has 0 atom stereocenters. The molecule has 4 heterocycles. The van der Waals surface area contributed by atoms with E-state index in [1.165, 1.54) is 38.7 Å². The second-order valence-electron chi connectivity index (χ2n) is 17.4. The van der Waals surface area contributed by atoms with Crippen LogP contribution in [0.1, 0.15) is 67.5 Å². The minimum atomic E-state index is -1.24. The van der Waals surface area contributed by atoms with E-state index in [1.807, 2.05) is 25.4 Å². The molecule has 9 rings (SSSR count). The number of hydrogen-bond acceptors (Lipinski definition) is 4. The van der Waals surface area contributed by atoms with Gasteiger partial charge in [0.1, 0.15) is 5.58 Å². The average molecular weight is 981 g/mol. The van der Waals surface area contributed by atoms with Gasteiger partial charge >= 0.3 is 0 Å². The van der Waals surface area contributed by atoms with Crippen LogP contribution in [0.25, 0.3) is 72.4 Å². The molecule has 9 aromatic rings. The summed E-state index contributed by atoms with van der Waals surface area (Å²) in [4.78, 5) is 14.3. The molecule has 305 valence electrons. The van der Waals surface area contributed by atoms with Gasteiger partial charge in [-0.2, -0.15) is 0 Å². The van der Waals surface area contributed by atoms with Gasteiger partial charge in [0.25, 0.3) is 0 Å². The van der Waals surface area contributed by atoms with Crippen molar-refractivity contribution in [3.8, 4) is 39.5 Å². The maximum absolute atomic E-state index is 6.55. The van der Waals surface area contributed by atoms with Gasteiger partial charge in [0.2, 0.25) is 0 Å². The Morgan fingerprint density at radius 1 is 0.700 bits per heavy atom. The van der Waals surface area contributed by atoms with Crippen molar-refractivity contribution in [2.24, 2.45) is 0 Å². The van der Waals surface area contributed by atoms with Crippen LogP contribution in [0.3, 0.4) is 0 Å². The molecule has 0 saturated carbocycles. The Hall–Kier alpha value is -5.46. The van der Waals surface area contributed by atoms with E-state index in [4.69, 9.17) is 9.40 Å². The minimum Gasteiger partial charge on any atom is -0.499 e. The number of aryl methyl sites for hydroxylation is 3. The maximum Gasteiger partial charge on any atom is 0.139 e. The Labute approximate surface area is 369 Å². The van der Waals surface area contributed by atoms with E-state index >= 15 is 0 Å². The summed E-state index contributed by atoms with van der Waals surface area (Å²) in [6, 6.07) is 45.3. The molecule has 0 bridgehead atoms. The molecular formula is C53H52IrN4OSi-2. The number of nitrogens with zero attached hydrogens (tertiary/aromatic N) is 4. The summed E-state index contributed by atoms with van der Waals surface area (Å²) >= 11 is 0. The van der Waals surface area contributed by atoms with Crippen molar-refractivity contribution in [2.75, 3.05) is 0 Å². The number of para-hydroxylation sites is 2. The summed E-state index contributed by atoms with van der Waals surface area (Å²) in [5.74, 6) is 1.41. The van der Waals surface area contributed by atoms with E-state index in [1.54, 1.807) is 0 Å². The number of rotatable bonds is 7. The van der Waals surface area contributed by atoms with E-state index in [9.17, 15) is 0 Å². The Balaban J connectivity index is 0.000000255. The average Bonchev–Trinajstić information content (AvgIpc) is 3.80. The van der Waals surface area contributed by atoms with E-state index in [2.05, 4.69) is 191 Å². The zero-order chi connectivity index (χ0) is 41.6. The first kappa shape index (κ1) is 42.7. The maximum atomic E-state index is 6.55. The van der Waals surface area contributed by atoms with Crippen molar-refractivity contribution in [3.63, 3.8) is 0 Å². The van der Waals surface area contributed by atoms with E-state index in [-0.39, 0.29) is 31.9 Å². The fourth-order valence-electron chi connectivity index (χ4n) is 7.85. The summed E-state index contributed by atoms with van der Waals surface area (Å²) in [7, 11) is -1.24. The van der Waals surface area contributed by atoms with Crippen molar-refractivity contribution >= 4 is 46.2 Å². The molecule has 60 heavy (non-hydrogen) atoms. The molecule has 5 aromatic carbocycles. The molecule has 0 aliphatic heterocycles. The number of hydrogen-bond donors (Lipinski definition) is 0. The largest absolute Gasteiger partial charge is 0.499 e. The SMILES string of the molecule is Cc1c[c-]c(-c2ccc([Si](C)(C)C)cn2)cc1.Cc1cc2c(cn1)oc1c(-c3nc4ccccc4n3-c3c(C(C)C)cc(-c4ccccc4)cc3C(C)C)[c-]cc(C)c12.[Ir]. The standard InChI is InChI=1S/C38H34N3O.C15H18NSi.Ir/c1-22(2)29-19-27(26-12-8-7-9-13-26)20-30(23(3)4)36(29)41-33-15-11-10-14-32(33)40-38(41)28-17-16-24(5)35-31-18-25(6)39-21-34(31)42-37(28)35;1-12-5-7-13(8-6-12)15-10-9-14(11-16-15)17(2,3)4;/h7-16,18-23H,1-6H3;5-7,9-11H,1-4H3;/q2*-1;. The van der Waals surface area contributed by atoms with Gasteiger partial charge in [0, 0.05) is 43.1 Å². The molecule has 0 unspecified atom stereocenters. The molecule has 0 fully saturated rings. The Kier molecular flexibility index (Phi) is 12.3. The summed E-state index contributed by atoms with van der Waals surface area (Å²) in [5.41, 5.74) is 16.1. The van der Waals surface area contributed by atoms with Gasteiger partial charge in [0.05, 0.1) is 36.7 Å². The van der Waals surface area contributed by atoms with Crippen LogP contribution in [-0.2, 0) is 20.1 Å². The molecule has 0 aliphatic rings. The van der Waals surface area contributed by atoms with Crippen LogP contribution in [0.15, 0.2) is 126 Å². The molecular weight excluding hydrogens is 929 g/mol. The van der Waals surface area contributed by atoms with Crippen LogP contribution in [0.2, 0.25) is 19.6 Å². The zero-order valence-electron chi connectivity index (χ0n) is 36.2. The molecule has 0 spiro atoms. The van der Waals surface area contributed by atoms with Gasteiger partial charge in [-0.25, -0.2) is 0 Å². The minimum absolute atomic E-state index is 0. The van der Waals surface area contributed by atoms with Gasteiger partial charge in [-0.05, 0) is 82.2 Å². The van der Waals surface area contributed by atoms with Crippen molar-refractivity contribution in [3.05, 3.63) is 162 Å². The first-order valence-electron chi connectivity index (χ1n) is 20.7. The summed E-state index contributed by atoms with van der Waals surface area (Å²) in [6.07, 6.45) is 3.85. The molecule has 7 heteroatoms. The topological polar surface area (TPSA) is 56.7 Å². The summed E-state index contributed by atoms with van der Waals surface area (Å²) in [5, 5.41) is 3.56. The van der Waals surface area contributed by atoms with Crippen molar-refractivity contribution < 1.29 is 24.5 Å². The molecule has 0 aliphatic carbocycles. The second kappa shape index (κ2) is 17.3.